The number of halogens is 1. The molecule has 5 heteroatoms. The van der Waals surface area contributed by atoms with Crippen LogP contribution >= 0.6 is 15.9 Å². The first-order valence-electron chi connectivity index (χ1n) is 5.60. The minimum Gasteiger partial charge on any atom is -0.399 e. The van der Waals surface area contributed by atoms with Crippen molar-refractivity contribution in [1.29, 1.82) is 0 Å². The smallest absolute Gasteiger partial charge is 0.229 e. The van der Waals surface area contributed by atoms with Gasteiger partial charge in [0.2, 0.25) is 5.91 Å². The van der Waals surface area contributed by atoms with Gasteiger partial charge in [-0.1, -0.05) is 0 Å². The lowest BCUT2D eigenvalue weighted by molar-refractivity contribution is -0.123. The number of carbonyl (C=O) groups is 1. The molecule has 0 aliphatic carbocycles. The number of amides is 1. The summed E-state index contributed by atoms with van der Waals surface area (Å²) in [6, 6.07) is 5.33. The summed E-state index contributed by atoms with van der Waals surface area (Å²) in [5.41, 5.74) is 7.05. The van der Waals surface area contributed by atoms with Crippen molar-refractivity contribution in [3.8, 4) is 0 Å². The number of ether oxygens (including phenoxy) is 1. The molecule has 3 N–H and O–H groups in total. The summed E-state index contributed by atoms with van der Waals surface area (Å²) >= 11 is 3.37. The summed E-state index contributed by atoms with van der Waals surface area (Å²) in [6.07, 6.45) is 1.83. The Hall–Kier alpha value is -1.07. The molecular formula is C12H15BrN2O2. The Bertz CT molecular complexity index is 417. The van der Waals surface area contributed by atoms with Crippen LogP contribution in [0.3, 0.4) is 0 Å². The van der Waals surface area contributed by atoms with Gasteiger partial charge < -0.3 is 15.8 Å². The highest BCUT2D eigenvalue weighted by molar-refractivity contribution is 9.10. The van der Waals surface area contributed by atoms with E-state index in [4.69, 9.17) is 10.5 Å². The van der Waals surface area contributed by atoms with Crippen molar-refractivity contribution in [3.63, 3.8) is 0 Å². The zero-order valence-corrected chi connectivity index (χ0v) is 11.0. The molecule has 1 atom stereocenters. The molecular weight excluding hydrogens is 284 g/mol. The molecule has 92 valence electrons. The Morgan fingerprint density at radius 2 is 2.35 bits per heavy atom. The van der Waals surface area contributed by atoms with E-state index in [0.717, 1.165) is 29.6 Å². The van der Waals surface area contributed by atoms with E-state index in [2.05, 4.69) is 21.2 Å². The maximum absolute atomic E-state index is 12.0. The summed E-state index contributed by atoms with van der Waals surface area (Å²) in [5, 5.41) is 2.89. The maximum atomic E-state index is 12.0. The third-order valence-electron chi connectivity index (χ3n) is 2.78. The van der Waals surface area contributed by atoms with Crippen LogP contribution in [0.15, 0.2) is 22.7 Å². The van der Waals surface area contributed by atoms with E-state index < -0.39 is 0 Å². The lowest BCUT2D eigenvalue weighted by atomic mass is 10.0. The molecule has 0 spiro atoms. The lowest BCUT2D eigenvalue weighted by Gasteiger charge is -2.21. The number of hydrogen-bond donors (Lipinski definition) is 2. The van der Waals surface area contributed by atoms with Crippen LogP contribution in [0.5, 0.6) is 0 Å². The first kappa shape index (κ1) is 12.4. The highest BCUT2D eigenvalue weighted by Crippen LogP contribution is 2.26. The van der Waals surface area contributed by atoms with E-state index in [9.17, 15) is 4.79 Å². The molecule has 1 aliphatic heterocycles. The Balaban J connectivity index is 2.02. The fraction of sp³-hybridized carbons (Fsp3) is 0.417. The molecule has 0 radical (unpaired) electrons. The van der Waals surface area contributed by atoms with Crippen LogP contribution in [-0.4, -0.2) is 19.1 Å². The topological polar surface area (TPSA) is 64.3 Å². The summed E-state index contributed by atoms with van der Waals surface area (Å²) in [4.78, 5) is 12.0. The van der Waals surface area contributed by atoms with Crippen LogP contribution in [0.25, 0.3) is 0 Å². The van der Waals surface area contributed by atoms with Crippen molar-refractivity contribution in [1.82, 2.24) is 0 Å². The van der Waals surface area contributed by atoms with Crippen LogP contribution in [0.4, 0.5) is 11.4 Å². The van der Waals surface area contributed by atoms with Gasteiger partial charge in [0.05, 0.1) is 18.2 Å². The van der Waals surface area contributed by atoms with E-state index in [1.807, 2.05) is 0 Å². The van der Waals surface area contributed by atoms with E-state index in [-0.39, 0.29) is 11.8 Å². The van der Waals surface area contributed by atoms with Gasteiger partial charge in [0, 0.05) is 16.8 Å². The van der Waals surface area contributed by atoms with Gasteiger partial charge in [-0.3, -0.25) is 4.79 Å². The van der Waals surface area contributed by atoms with E-state index in [1.165, 1.54) is 0 Å². The first-order valence-corrected chi connectivity index (χ1v) is 6.40. The molecule has 1 heterocycles. The van der Waals surface area contributed by atoms with Crippen molar-refractivity contribution in [2.45, 2.75) is 12.8 Å². The molecule has 0 bridgehead atoms. The van der Waals surface area contributed by atoms with Crippen molar-refractivity contribution in [2.75, 3.05) is 24.3 Å². The molecule has 1 aromatic carbocycles. The molecule has 0 saturated carbocycles. The van der Waals surface area contributed by atoms with E-state index in [1.54, 1.807) is 18.2 Å². The van der Waals surface area contributed by atoms with Crippen molar-refractivity contribution in [3.05, 3.63) is 22.7 Å². The van der Waals surface area contributed by atoms with Crippen molar-refractivity contribution >= 4 is 33.2 Å². The molecule has 1 saturated heterocycles. The average Bonchev–Trinajstić information content (AvgIpc) is 2.34. The van der Waals surface area contributed by atoms with Gasteiger partial charge in [0.15, 0.2) is 0 Å². The predicted molar refractivity (Wildman–Crippen MR) is 70.7 cm³/mol. The maximum Gasteiger partial charge on any atom is 0.229 e. The molecule has 4 nitrogen and oxygen atoms in total. The largest absolute Gasteiger partial charge is 0.399 e. The Morgan fingerprint density at radius 1 is 1.53 bits per heavy atom. The van der Waals surface area contributed by atoms with E-state index >= 15 is 0 Å². The van der Waals surface area contributed by atoms with Gasteiger partial charge in [0.1, 0.15) is 0 Å². The molecule has 1 aliphatic rings. The zero-order valence-electron chi connectivity index (χ0n) is 9.41. The SMILES string of the molecule is Nc1ccc(NC(=O)C2CCCOC2)c(Br)c1. The Labute approximate surface area is 109 Å². The van der Waals surface area contributed by atoms with E-state index in [0.29, 0.717) is 12.3 Å². The minimum atomic E-state index is -0.0480. The minimum absolute atomic E-state index is 0.00942. The predicted octanol–water partition coefficient (Wildman–Crippen LogP) is 2.40. The number of hydrogen-bond acceptors (Lipinski definition) is 3. The van der Waals surface area contributed by atoms with Crippen LogP contribution in [-0.2, 0) is 9.53 Å². The summed E-state index contributed by atoms with van der Waals surface area (Å²) in [7, 11) is 0. The molecule has 2 rings (SSSR count). The van der Waals surface area contributed by atoms with Gasteiger partial charge in [-0.15, -0.1) is 0 Å². The summed E-state index contributed by atoms with van der Waals surface area (Å²) in [5.74, 6) is -0.0385. The standard InChI is InChI=1S/C12H15BrN2O2/c13-10-6-9(14)3-4-11(10)15-12(16)8-2-1-5-17-7-8/h3-4,6,8H,1-2,5,7,14H2,(H,15,16). The van der Waals surface area contributed by atoms with Crippen LogP contribution in [0.2, 0.25) is 0 Å². The third-order valence-corrected chi connectivity index (χ3v) is 3.44. The quantitative estimate of drug-likeness (QED) is 0.824. The van der Waals surface area contributed by atoms with Gasteiger partial charge in [-0.2, -0.15) is 0 Å². The molecule has 0 aromatic heterocycles. The zero-order chi connectivity index (χ0) is 12.3. The number of rotatable bonds is 2. The second-order valence-electron chi connectivity index (χ2n) is 4.14. The third kappa shape index (κ3) is 3.20. The number of anilines is 2. The lowest BCUT2D eigenvalue weighted by Crippen LogP contribution is -2.30. The summed E-state index contributed by atoms with van der Waals surface area (Å²) < 4.78 is 6.09. The molecule has 1 unspecified atom stereocenters. The van der Waals surface area contributed by atoms with Crippen LogP contribution < -0.4 is 11.1 Å². The van der Waals surface area contributed by atoms with Gasteiger partial charge in [-0.25, -0.2) is 0 Å². The van der Waals surface area contributed by atoms with Gasteiger partial charge in [0.25, 0.3) is 0 Å². The van der Waals surface area contributed by atoms with Crippen LogP contribution in [0, 0.1) is 5.92 Å². The fourth-order valence-electron chi connectivity index (χ4n) is 1.82. The first-order chi connectivity index (χ1) is 8.16. The van der Waals surface area contributed by atoms with Crippen molar-refractivity contribution in [2.24, 2.45) is 5.92 Å². The number of nitrogens with one attached hydrogen (secondary N) is 1. The molecule has 1 aromatic rings. The second-order valence-corrected chi connectivity index (χ2v) is 5.00. The highest BCUT2D eigenvalue weighted by atomic mass is 79.9. The average molecular weight is 299 g/mol. The van der Waals surface area contributed by atoms with Gasteiger partial charge >= 0.3 is 0 Å². The highest BCUT2D eigenvalue weighted by Gasteiger charge is 2.22. The summed E-state index contributed by atoms with van der Waals surface area (Å²) in [6.45, 7) is 1.27. The molecule has 17 heavy (non-hydrogen) atoms. The number of nitrogens with two attached hydrogens (primary N) is 1. The fourth-order valence-corrected chi connectivity index (χ4v) is 2.31. The van der Waals surface area contributed by atoms with Gasteiger partial charge in [-0.05, 0) is 47.0 Å². The number of carbonyl (C=O) groups excluding carboxylic acids is 1. The molecule has 1 amide bonds. The number of nitrogen functional groups attached to an aromatic ring is 1. The molecule has 1 fully saturated rings. The monoisotopic (exact) mass is 298 g/mol. The second kappa shape index (κ2) is 5.51. The Kier molecular flexibility index (Phi) is 4.02. The number of benzene rings is 1. The van der Waals surface area contributed by atoms with Crippen molar-refractivity contribution < 1.29 is 9.53 Å². The van der Waals surface area contributed by atoms with Crippen LogP contribution in [0.1, 0.15) is 12.8 Å². The normalized spacial score (nSPS) is 19.9. The Morgan fingerprint density at radius 3 is 3.00 bits per heavy atom.